The van der Waals surface area contributed by atoms with Crippen LogP contribution in [0.5, 0.6) is 40.2 Å². The molecule has 0 fully saturated rings. The molecule has 4 aromatic rings. The Labute approximate surface area is 259 Å². The molecule has 0 N–H and O–H groups in total. The van der Waals surface area contributed by atoms with Crippen LogP contribution in [-0.2, 0) is 25.7 Å². The molecule has 0 aromatic heterocycles. The molecule has 5 aliphatic rings. The van der Waals surface area contributed by atoms with E-state index in [9.17, 15) is 0 Å². The Kier molecular flexibility index (Phi) is 7.60. The van der Waals surface area contributed by atoms with Crippen molar-refractivity contribution in [2.24, 2.45) is 0 Å². The molecule has 0 saturated heterocycles. The number of methoxy groups -OCH3 is 3. The van der Waals surface area contributed by atoms with Crippen LogP contribution in [0.15, 0.2) is 66.7 Å². The van der Waals surface area contributed by atoms with Gasteiger partial charge in [0.15, 0.2) is 23.0 Å². The van der Waals surface area contributed by atoms with Crippen LogP contribution < -0.4 is 23.7 Å². The second-order valence-electron chi connectivity index (χ2n) is 12.1. The van der Waals surface area contributed by atoms with E-state index in [4.69, 9.17) is 23.7 Å². The van der Waals surface area contributed by atoms with Gasteiger partial charge in [-0.05, 0) is 110 Å². The fraction of sp³-hybridized carbons (Fsp3) is 0.351. The number of benzene rings is 4. The molecule has 9 rings (SSSR count). The Bertz CT molecular complexity index is 1670. The lowest BCUT2D eigenvalue weighted by Crippen LogP contribution is -2.34. The normalized spacial score (nSPS) is 19.6. The van der Waals surface area contributed by atoms with Crippen molar-refractivity contribution in [1.82, 2.24) is 9.80 Å². The van der Waals surface area contributed by atoms with Crippen molar-refractivity contribution < 1.29 is 23.7 Å². The van der Waals surface area contributed by atoms with Crippen LogP contribution in [0.1, 0.15) is 45.5 Å². The lowest BCUT2D eigenvalue weighted by Gasteiger charge is -2.37. The minimum atomic E-state index is 0.0668. The Morgan fingerprint density at radius 1 is 0.636 bits per heavy atom. The molecule has 2 unspecified atom stereocenters. The van der Waals surface area contributed by atoms with Crippen LogP contribution in [-0.4, -0.2) is 58.3 Å². The van der Waals surface area contributed by atoms with E-state index in [0.717, 1.165) is 61.6 Å². The van der Waals surface area contributed by atoms with Crippen molar-refractivity contribution in [2.45, 2.75) is 37.8 Å². The van der Waals surface area contributed by atoms with Gasteiger partial charge in [0.1, 0.15) is 11.5 Å². The van der Waals surface area contributed by atoms with Crippen LogP contribution in [0.3, 0.4) is 0 Å². The fourth-order valence-corrected chi connectivity index (χ4v) is 7.05. The maximum absolute atomic E-state index is 7.01. The van der Waals surface area contributed by atoms with E-state index in [2.05, 4.69) is 90.6 Å². The highest BCUT2D eigenvalue weighted by atomic mass is 16.5. The van der Waals surface area contributed by atoms with E-state index in [1.54, 1.807) is 21.3 Å². The molecule has 0 aliphatic carbocycles. The zero-order chi connectivity index (χ0) is 30.4. The quantitative estimate of drug-likeness (QED) is 0.250. The Morgan fingerprint density at radius 3 is 1.82 bits per heavy atom. The molecule has 44 heavy (non-hydrogen) atoms. The van der Waals surface area contributed by atoms with Crippen molar-refractivity contribution in [3.8, 4) is 40.2 Å². The van der Waals surface area contributed by atoms with Gasteiger partial charge in [0.25, 0.3) is 0 Å². The van der Waals surface area contributed by atoms with E-state index in [-0.39, 0.29) is 12.1 Å². The summed E-state index contributed by atoms with van der Waals surface area (Å²) in [7, 11) is 9.47. The Balaban J connectivity index is 1.45. The van der Waals surface area contributed by atoms with E-state index >= 15 is 0 Å². The van der Waals surface area contributed by atoms with Gasteiger partial charge >= 0.3 is 0 Å². The third kappa shape index (κ3) is 5.14. The number of rotatable bonds is 3. The van der Waals surface area contributed by atoms with Crippen molar-refractivity contribution >= 4 is 0 Å². The molecule has 5 aliphatic heterocycles. The van der Waals surface area contributed by atoms with Gasteiger partial charge < -0.3 is 23.7 Å². The SMILES string of the molecule is COc1cc2c3cc1Oc1c(OC)c(OC)cc4c1C(Cc1ccc(cc1)Oc1ccc(cc1)CC3N(C)CC2)N(C)CC4. The second-order valence-corrected chi connectivity index (χ2v) is 12.1. The smallest absolute Gasteiger partial charge is 0.204 e. The summed E-state index contributed by atoms with van der Waals surface area (Å²) in [5.74, 6) is 5.01. The minimum absolute atomic E-state index is 0.0668. The number of ether oxygens (including phenoxy) is 5. The average molecular weight is 593 g/mol. The largest absolute Gasteiger partial charge is 0.493 e. The van der Waals surface area contributed by atoms with Gasteiger partial charge in [-0.15, -0.1) is 0 Å². The van der Waals surface area contributed by atoms with Crippen LogP contribution in [0.2, 0.25) is 0 Å². The Hall–Kier alpha value is -4.20. The van der Waals surface area contributed by atoms with Gasteiger partial charge in [-0.1, -0.05) is 24.3 Å². The maximum atomic E-state index is 7.01. The van der Waals surface area contributed by atoms with Gasteiger partial charge in [-0.25, -0.2) is 0 Å². The van der Waals surface area contributed by atoms with Crippen LogP contribution >= 0.6 is 0 Å². The first-order chi connectivity index (χ1) is 21.4. The molecule has 0 radical (unpaired) electrons. The highest BCUT2D eigenvalue weighted by molar-refractivity contribution is 5.63. The van der Waals surface area contributed by atoms with Crippen LogP contribution in [0.4, 0.5) is 0 Å². The molecule has 0 amide bonds. The number of hydrogen-bond acceptors (Lipinski definition) is 7. The average Bonchev–Trinajstić information content (AvgIpc) is 3.04. The lowest BCUT2D eigenvalue weighted by molar-refractivity contribution is 0.220. The molecule has 7 nitrogen and oxygen atoms in total. The fourth-order valence-electron chi connectivity index (χ4n) is 7.05. The monoisotopic (exact) mass is 592 g/mol. The topological polar surface area (TPSA) is 52.6 Å². The predicted molar refractivity (Wildman–Crippen MR) is 171 cm³/mol. The second kappa shape index (κ2) is 11.7. The van der Waals surface area contributed by atoms with Crippen LogP contribution in [0.25, 0.3) is 0 Å². The highest BCUT2D eigenvalue weighted by Gasteiger charge is 2.34. The molecular weight excluding hydrogens is 552 g/mol. The molecule has 5 heterocycles. The summed E-state index contributed by atoms with van der Waals surface area (Å²) in [5, 5.41) is 0. The zero-order valence-electron chi connectivity index (χ0n) is 26.2. The van der Waals surface area contributed by atoms with E-state index in [0.29, 0.717) is 23.0 Å². The molecule has 7 heteroatoms. The summed E-state index contributed by atoms with van der Waals surface area (Å²) in [4.78, 5) is 4.84. The van der Waals surface area contributed by atoms with Crippen LogP contribution in [0, 0.1) is 0 Å². The molecule has 2 atom stereocenters. The summed E-state index contributed by atoms with van der Waals surface area (Å²) in [6.45, 7) is 1.91. The van der Waals surface area contributed by atoms with E-state index < -0.39 is 0 Å². The zero-order valence-corrected chi connectivity index (χ0v) is 26.2. The van der Waals surface area contributed by atoms with Gasteiger partial charge in [-0.2, -0.15) is 0 Å². The standard InChI is InChI=1S/C37H40N2O5/c1-38-16-14-25-20-32(40-3)33-22-29(25)30(38)18-23-6-10-27(11-7-23)43-28-12-8-24(9-13-28)19-31-35-26(15-17-39(31)2)21-34(41-4)36(42-5)37(35)44-33/h6-13,20-22,30-31H,14-19H2,1-5H3. The molecule has 4 aromatic carbocycles. The van der Waals surface area contributed by atoms with Gasteiger partial charge in [0.05, 0.1) is 21.3 Å². The van der Waals surface area contributed by atoms with Crippen molar-refractivity contribution in [1.29, 1.82) is 0 Å². The van der Waals surface area contributed by atoms with E-state index in [1.807, 2.05) is 0 Å². The van der Waals surface area contributed by atoms with E-state index in [1.165, 1.54) is 27.8 Å². The summed E-state index contributed by atoms with van der Waals surface area (Å²) in [6, 6.07) is 23.6. The highest BCUT2D eigenvalue weighted by Crippen LogP contribution is 2.51. The first-order valence-electron chi connectivity index (χ1n) is 15.4. The van der Waals surface area contributed by atoms with Gasteiger partial charge in [-0.3, -0.25) is 9.80 Å². The number of nitrogens with zero attached hydrogens (tertiary/aromatic N) is 2. The maximum Gasteiger partial charge on any atom is 0.204 e. The first-order valence-corrected chi connectivity index (χ1v) is 15.4. The van der Waals surface area contributed by atoms with Crippen molar-refractivity contribution in [3.05, 3.63) is 100 Å². The number of fused-ring (bicyclic) bond motifs is 2. The summed E-state index contributed by atoms with van der Waals surface area (Å²) in [6.07, 6.45) is 3.51. The van der Waals surface area contributed by atoms with Gasteiger partial charge in [0, 0.05) is 30.7 Å². The lowest BCUT2D eigenvalue weighted by atomic mass is 9.87. The predicted octanol–water partition coefficient (Wildman–Crippen LogP) is 7.15. The Morgan fingerprint density at radius 2 is 1.20 bits per heavy atom. The molecule has 228 valence electrons. The molecule has 0 saturated carbocycles. The molecule has 0 spiro atoms. The first kappa shape index (κ1) is 28.6. The number of hydrogen-bond donors (Lipinski definition) is 0. The summed E-state index contributed by atoms with van der Waals surface area (Å²) in [5.41, 5.74) is 7.36. The molecular formula is C37H40N2O5. The van der Waals surface area contributed by atoms with Crippen molar-refractivity contribution in [3.63, 3.8) is 0 Å². The third-order valence-corrected chi connectivity index (χ3v) is 9.55. The van der Waals surface area contributed by atoms with Gasteiger partial charge in [0.2, 0.25) is 5.75 Å². The molecule has 6 bridgehead atoms. The summed E-state index contributed by atoms with van der Waals surface area (Å²) < 4.78 is 31.1. The summed E-state index contributed by atoms with van der Waals surface area (Å²) >= 11 is 0. The number of likely N-dealkylation sites (N-methyl/N-ethyl adjacent to an activating group) is 2. The van der Waals surface area contributed by atoms with Crippen molar-refractivity contribution in [2.75, 3.05) is 48.5 Å². The minimum Gasteiger partial charge on any atom is -0.493 e. The third-order valence-electron chi connectivity index (χ3n) is 9.55.